The van der Waals surface area contributed by atoms with Gasteiger partial charge in [-0.3, -0.25) is 4.79 Å². The van der Waals surface area contributed by atoms with Gasteiger partial charge in [0.25, 0.3) is 0 Å². The number of piperidine rings is 2. The van der Waals surface area contributed by atoms with Gasteiger partial charge in [-0.05, 0) is 65.7 Å². The van der Waals surface area contributed by atoms with Crippen molar-refractivity contribution in [1.29, 1.82) is 5.26 Å². The van der Waals surface area contributed by atoms with Gasteiger partial charge in [-0.2, -0.15) is 5.26 Å². The molecule has 2 fully saturated rings. The first-order valence-electron chi connectivity index (χ1n) is 8.82. The molecular weight excluding hydrogens is 366 g/mol. The summed E-state index contributed by atoms with van der Waals surface area (Å²) in [6.07, 6.45) is 4.21. The van der Waals surface area contributed by atoms with Crippen LogP contribution in [0.4, 0.5) is 5.69 Å². The van der Waals surface area contributed by atoms with E-state index in [-0.39, 0.29) is 5.92 Å². The normalized spacial score (nSPS) is 22.3. The zero-order valence-corrected chi connectivity index (χ0v) is 15.8. The molecule has 0 spiro atoms. The summed E-state index contributed by atoms with van der Waals surface area (Å²) in [7, 11) is 0. The van der Waals surface area contributed by atoms with E-state index >= 15 is 0 Å². The molecule has 2 heterocycles. The van der Waals surface area contributed by atoms with Crippen molar-refractivity contribution >= 4 is 27.5 Å². The summed E-state index contributed by atoms with van der Waals surface area (Å²) < 4.78 is 0.955. The van der Waals surface area contributed by atoms with Crippen molar-refractivity contribution in [3.63, 3.8) is 0 Å². The van der Waals surface area contributed by atoms with Gasteiger partial charge in [0.05, 0.1) is 17.3 Å². The smallest absolute Gasteiger partial charge is 0.225 e. The van der Waals surface area contributed by atoms with Crippen LogP contribution in [0.15, 0.2) is 22.7 Å². The monoisotopic (exact) mass is 389 g/mol. The van der Waals surface area contributed by atoms with Crippen molar-refractivity contribution in [2.75, 3.05) is 31.1 Å². The SMILES string of the molecule is CC1CCCN(C(=O)C2CCN(c3ccc(C#N)cc3Br)CC2)C1. The highest BCUT2D eigenvalue weighted by molar-refractivity contribution is 9.10. The molecule has 2 saturated heterocycles. The first kappa shape index (κ1) is 17.3. The largest absolute Gasteiger partial charge is 0.371 e. The Hall–Kier alpha value is -1.54. The third-order valence-corrected chi connectivity index (χ3v) is 5.87. The molecule has 0 N–H and O–H groups in total. The standard InChI is InChI=1S/C19H24BrN3O/c1-14-3-2-8-23(13-14)19(24)16-6-9-22(10-7-16)18-5-4-15(12-21)11-17(18)20/h4-5,11,14,16H,2-3,6-10,13H2,1H3. The van der Waals surface area contributed by atoms with Crippen molar-refractivity contribution in [3.05, 3.63) is 28.2 Å². The number of benzene rings is 1. The quantitative estimate of drug-likeness (QED) is 0.772. The van der Waals surface area contributed by atoms with Crippen LogP contribution in [0.25, 0.3) is 0 Å². The molecule has 1 atom stereocenters. The van der Waals surface area contributed by atoms with Gasteiger partial charge in [-0.25, -0.2) is 0 Å². The molecule has 24 heavy (non-hydrogen) atoms. The fourth-order valence-corrected chi connectivity index (χ4v) is 4.48. The topological polar surface area (TPSA) is 47.3 Å². The average molecular weight is 390 g/mol. The van der Waals surface area contributed by atoms with E-state index in [0.717, 1.165) is 55.6 Å². The van der Waals surface area contributed by atoms with Crippen LogP contribution in [0.5, 0.6) is 0 Å². The number of nitriles is 1. The van der Waals surface area contributed by atoms with Crippen LogP contribution >= 0.6 is 15.9 Å². The molecule has 2 aliphatic rings. The van der Waals surface area contributed by atoms with Crippen LogP contribution in [0.2, 0.25) is 0 Å². The van der Waals surface area contributed by atoms with Crippen LogP contribution in [0.3, 0.4) is 0 Å². The van der Waals surface area contributed by atoms with E-state index in [1.54, 1.807) is 0 Å². The fourth-order valence-electron chi connectivity index (χ4n) is 3.85. The molecule has 1 amide bonds. The molecule has 5 heteroatoms. The second-order valence-corrected chi connectivity index (χ2v) is 7.93. The summed E-state index contributed by atoms with van der Waals surface area (Å²) in [5.74, 6) is 1.17. The minimum atomic E-state index is 0.170. The predicted molar refractivity (Wildman–Crippen MR) is 98.8 cm³/mol. The average Bonchev–Trinajstić information content (AvgIpc) is 2.61. The number of likely N-dealkylation sites (tertiary alicyclic amines) is 1. The molecule has 0 aliphatic carbocycles. The number of hydrogen-bond acceptors (Lipinski definition) is 3. The molecule has 0 aromatic heterocycles. The number of anilines is 1. The first-order valence-corrected chi connectivity index (χ1v) is 9.61. The number of carbonyl (C=O) groups excluding carboxylic acids is 1. The van der Waals surface area contributed by atoms with Gasteiger partial charge in [-0.1, -0.05) is 6.92 Å². The molecule has 128 valence electrons. The molecule has 3 rings (SSSR count). The molecule has 1 aromatic rings. The second-order valence-electron chi connectivity index (χ2n) is 7.07. The van der Waals surface area contributed by atoms with E-state index in [2.05, 4.69) is 38.7 Å². The zero-order valence-electron chi connectivity index (χ0n) is 14.2. The Morgan fingerprint density at radius 1 is 1.25 bits per heavy atom. The first-order chi connectivity index (χ1) is 11.6. The van der Waals surface area contributed by atoms with Crippen molar-refractivity contribution in [2.24, 2.45) is 11.8 Å². The van der Waals surface area contributed by atoms with E-state index in [1.807, 2.05) is 18.2 Å². The number of carbonyl (C=O) groups is 1. The number of amides is 1. The van der Waals surface area contributed by atoms with E-state index in [9.17, 15) is 4.79 Å². The Morgan fingerprint density at radius 2 is 2.00 bits per heavy atom. The highest BCUT2D eigenvalue weighted by atomic mass is 79.9. The van der Waals surface area contributed by atoms with E-state index in [4.69, 9.17) is 5.26 Å². The number of nitrogens with zero attached hydrogens (tertiary/aromatic N) is 3. The fraction of sp³-hybridized carbons (Fsp3) is 0.579. The second kappa shape index (κ2) is 7.57. The lowest BCUT2D eigenvalue weighted by Crippen LogP contribution is -2.46. The minimum Gasteiger partial charge on any atom is -0.371 e. The van der Waals surface area contributed by atoms with E-state index in [0.29, 0.717) is 17.4 Å². The molecule has 0 radical (unpaired) electrons. The number of hydrogen-bond donors (Lipinski definition) is 0. The van der Waals surface area contributed by atoms with Crippen LogP contribution in [-0.4, -0.2) is 37.0 Å². The summed E-state index contributed by atoms with van der Waals surface area (Å²) in [5.41, 5.74) is 1.78. The molecule has 4 nitrogen and oxygen atoms in total. The van der Waals surface area contributed by atoms with Crippen LogP contribution in [-0.2, 0) is 4.79 Å². The molecule has 2 aliphatic heterocycles. The van der Waals surface area contributed by atoms with E-state index < -0.39 is 0 Å². The molecule has 1 unspecified atom stereocenters. The summed E-state index contributed by atoms with van der Waals surface area (Å²) in [4.78, 5) is 17.2. The van der Waals surface area contributed by atoms with Gasteiger partial charge >= 0.3 is 0 Å². The maximum absolute atomic E-state index is 12.8. The number of rotatable bonds is 2. The molecule has 0 bridgehead atoms. The van der Waals surface area contributed by atoms with Crippen LogP contribution in [0, 0.1) is 23.2 Å². The van der Waals surface area contributed by atoms with Gasteiger partial charge in [-0.15, -0.1) is 0 Å². The summed E-state index contributed by atoms with van der Waals surface area (Å²) in [6.45, 7) is 5.89. The minimum absolute atomic E-state index is 0.170. The van der Waals surface area contributed by atoms with E-state index in [1.165, 1.54) is 6.42 Å². The highest BCUT2D eigenvalue weighted by Gasteiger charge is 2.30. The Morgan fingerprint density at radius 3 is 2.62 bits per heavy atom. The zero-order chi connectivity index (χ0) is 17.1. The predicted octanol–water partition coefficient (Wildman–Crippen LogP) is 3.80. The van der Waals surface area contributed by atoms with Gasteiger partial charge in [0.1, 0.15) is 0 Å². The summed E-state index contributed by atoms with van der Waals surface area (Å²) in [6, 6.07) is 7.87. The highest BCUT2D eigenvalue weighted by Crippen LogP contribution is 2.31. The van der Waals surface area contributed by atoms with Crippen molar-refractivity contribution in [1.82, 2.24) is 4.90 Å². The Kier molecular flexibility index (Phi) is 5.45. The molecular formula is C19H24BrN3O. The maximum atomic E-state index is 12.8. The lowest BCUT2D eigenvalue weighted by atomic mass is 9.92. The maximum Gasteiger partial charge on any atom is 0.225 e. The summed E-state index contributed by atoms with van der Waals surface area (Å²) >= 11 is 3.57. The summed E-state index contributed by atoms with van der Waals surface area (Å²) in [5, 5.41) is 8.97. The lowest BCUT2D eigenvalue weighted by Gasteiger charge is -2.38. The third-order valence-electron chi connectivity index (χ3n) is 5.23. The Bertz CT molecular complexity index is 647. The third kappa shape index (κ3) is 3.75. The number of halogens is 1. The lowest BCUT2D eigenvalue weighted by molar-refractivity contribution is -0.137. The van der Waals surface area contributed by atoms with Crippen LogP contribution in [0.1, 0.15) is 38.2 Å². The van der Waals surface area contributed by atoms with Gasteiger partial charge < -0.3 is 9.80 Å². The van der Waals surface area contributed by atoms with Crippen molar-refractivity contribution < 1.29 is 4.79 Å². The Labute approximate surface area is 152 Å². The van der Waals surface area contributed by atoms with Crippen molar-refractivity contribution in [3.8, 4) is 6.07 Å². The van der Waals surface area contributed by atoms with Crippen molar-refractivity contribution in [2.45, 2.75) is 32.6 Å². The van der Waals surface area contributed by atoms with Crippen LogP contribution < -0.4 is 4.90 Å². The van der Waals surface area contributed by atoms with Gasteiger partial charge in [0.15, 0.2) is 0 Å². The van der Waals surface area contributed by atoms with Gasteiger partial charge in [0.2, 0.25) is 5.91 Å². The molecule has 1 aromatic carbocycles. The molecule has 0 saturated carbocycles. The van der Waals surface area contributed by atoms with Gasteiger partial charge in [0, 0.05) is 36.6 Å². The Balaban J connectivity index is 1.59.